The molecule has 0 radical (unpaired) electrons. The molecule has 1 aromatic carbocycles. The Balaban J connectivity index is 1.16. The number of nitrogens with zero attached hydrogens (tertiary/aromatic N) is 1. The van der Waals surface area contributed by atoms with Gasteiger partial charge in [0.2, 0.25) is 0 Å². The molecular formula is C46H67NO6. The quantitative estimate of drug-likeness (QED) is 0.258. The molecule has 4 saturated carbocycles. The van der Waals surface area contributed by atoms with Crippen molar-refractivity contribution in [3.63, 3.8) is 0 Å². The summed E-state index contributed by atoms with van der Waals surface area (Å²) in [6.07, 6.45) is 8.49. The SMILES string of the molecule is CC(C)C1=C2[C@H]3CC[C@@H]4[C@@]5(C)CC[C@H](OC(=O)CC(C)(C)C(=O)O)C(C)(C)[C@@H]5CC[C@@]4(C)[C@]3(C)CC[C@]2([C@@H](O)CN2CCc3ccccc3C2)CC1=O. The number of hydrogen-bond acceptors (Lipinski definition) is 6. The molecule has 4 fully saturated rings. The summed E-state index contributed by atoms with van der Waals surface area (Å²) in [5, 5.41) is 22.1. The second-order valence-corrected chi connectivity index (χ2v) is 20.8. The van der Waals surface area contributed by atoms with E-state index in [0.717, 1.165) is 76.5 Å². The maximum atomic E-state index is 14.2. The van der Waals surface area contributed by atoms with E-state index in [4.69, 9.17) is 4.74 Å². The number of aliphatic hydroxyl groups is 1. The number of ketones is 1. The fourth-order valence-corrected chi connectivity index (χ4v) is 14.0. The summed E-state index contributed by atoms with van der Waals surface area (Å²) in [7, 11) is 0. The van der Waals surface area contributed by atoms with Crippen LogP contribution in [0.25, 0.3) is 0 Å². The molecular weight excluding hydrogens is 663 g/mol. The Hall–Kier alpha value is -2.51. The smallest absolute Gasteiger partial charge is 0.309 e. The number of esters is 1. The molecule has 7 nitrogen and oxygen atoms in total. The fourth-order valence-electron chi connectivity index (χ4n) is 14.0. The van der Waals surface area contributed by atoms with Crippen LogP contribution in [0.3, 0.4) is 0 Å². The normalized spacial score (nSPS) is 38.7. The van der Waals surface area contributed by atoms with Crippen molar-refractivity contribution in [2.75, 3.05) is 13.1 Å². The summed E-state index contributed by atoms with van der Waals surface area (Å²) in [6.45, 7) is 22.2. The molecule has 6 aliphatic rings. The molecule has 2 N–H and O–H groups in total. The zero-order chi connectivity index (χ0) is 38.5. The third-order valence-corrected chi connectivity index (χ3v) is 17.1. The monoisotopic (exact) mass is 729 g/mol. The lowest BCUT2D eigenvalue weighted by molar-refractivity contribution is -0.235. The first-order chi connectivity index (χ1) is 24.7. The number of aliphatic carboxylic acids is 1. The van der Waals surface area contributed by atoms with E-state index in [2.05, 4.69) is 77.6 Å². The van der Waals surface area contributed by atoms with E-state index in [1.54, 1.807) is 13.8 Å². The molecule has 0 spiro atoms. The fraction of sp³-hybridized carbons (Fsp3) is 0.761. The van der Waals surface area contributed by atoms with E-state index in [9.17, 15) is 24.6 Å². The van der Waals surface area contributed by atoms with Crippen LogP contribution in [-0.4, -0.2) is 58.1 Å². The number of carbonyl (C=O) groups is 3. The molecule has 53 heavy (non-hydrogen) atoms. The molecule has 0 amide bonds. The number of hydrogen-bond donors (Lipinski definition) is 2. The molecule has 7 heteroatoms. The van der Waals surface area contributed by atoms with Crippen LogP contribution in [0.15, 0.2) is 35.4 Å². The lowest BCUT2D eigenvalue weighted by Gasteiger charge is -2.72. The minimum Gasteiger partial charge on any atom is -0.481 e. The van der Waals surface area contributed by atoms with Crippen molar-refractivity contribution in [2.45, 2.75) is 152 Å². The first-order valence-electron chi connectivity index (χ1n) is 20.9. The highest BCUT2D eigenvalue weighted by Crippen LogP contribution is 2.77. The number of allylic oxidation sites excluding steroid dienone is 1. The summed E-state index contributed by atoms with van der Waals surface area (Å²) in [5.41, 5.74) is 3.41. The average molecular weight is 730 g/mol. The number of rotatable bonds is 8. The van der Waals surface area contributed by atoms with Gasteiger partial charge in [-0.3, -0.25) is 19.3 Å². The Morgan fingerprint density at radius 1 is 0.925 bits per heavy atom. The van der Waals surface area contributed by atoms with Gasteiger partial charge < -0.3 is 14.9 Å². The average Bonchev–Trinajstić information content (AvgIpc) is 3.39. The number of carbonyl (C=O) groups excluding carboxylic acids is 2. The molecule has 7 rings (SSSR count). The van der Waals surface area contributed by atoms with E-state index in [-0.39, 0.29) is 51.8 Å². The Bertz CT molecular complexity index is 1690. The molecule has 1 aliphatic heterocycles. The standard InChI is InChI=1S/C46H67NO6/c1-28(2)38-32(48)24-46(35(49)27-47-23-18-29-12-10-11-13-30(29)26-47)22-21-44(8)31(39(38)46)14-15-34-43(7)19-17-36(53-37(50)25-41(3,4)40(51)52)42(5,6)33(43)16-20-45(34,44)9/h10-13,28,31,33-36,49H,14-27H2,1-9H3,(H,51,52)/t31-,33+,34-,35+,36+,43+,44-,45-,46-/m1/s1. The van der Waals surface area contributed by atoms with Crippen LogP contribution in [-0.2, 0) is 32.1 Å². The molecule has 0 saturated heterocycles. The molecule has 0 aromatic heterocycles. The maximum Gasteiger partial charge on any atom is 0.309 e. The van der Waals surface area contributed by atoms with Crippen LogP contribution in [0.1, 0.15) is 138 Å². The largest absolute Gasteiger partial charge is 0.481 e. The second kappa shape index (κ2) is 13.0. The van der Waals surface area contributed by atoms with Gasteiger partial charge in [0, 0.05) is 36.9 Å². The molecule has 1 heterocycles. The molecule has 292 valence electrons. The predicted octanol–water partition coefficient (Wildman–Crippen LogP) is 8.80. The van der Waals surface area contributed by atoms with E-state index in [1.807, 2.05) is 0 Å². The topological polar surface area (TPSA) is 104 Å². The summed E-state index contributed by atoms with van der Waals surface area (Å²) in [6, 6.07) is 8.68. The first-order valence-corrected chi connectivity index (χ1v) is 20.9. The molecule has 5 aliphatic carbocycles. The van der Waals surface area contributed by atoms with Gasteiger partial charge in [0.25, 0.3) is 0 Å². The lowest BCUT2D eigenvalue weighted by Crippen LogP contribution is -2.66. The highest BCUT2D eigenvalue weighted by atomic mass is 16.5. The van der Waals surface area contributed by atoms with Crippen LogP contribution in [0.5, 0.6) is 0 Å². The summed E-state index contributed by atoms with van der Waals surface area (Å²) in [5.74, 6) is 0.169. The Morgan fingerprint density at radius 2 is 1.62 bits per heavy atom. The third-order valence-electron chi connectivity index (χ3n) is 17.1. The van der Waals surface area contributed by atoms with Crippen LogP contribution in [0.2, 0.25) is 0 Å². The summed E-state index contributed by atoms with van der Waals surface area (Å²) >= 11 is 0. The van der Waals surface area contributed by atoms with Gasteiger partial charge in [0.15, 0.2) is 5.78 Å². The third kappa shape index (κ3) is 5.82. The summed E-state index contributed by atoms with van der Waals surface area (Å²) in [4.78, 5) is 41.5. The van der Waals surface area contributed by atoms with Gasteiger partial charge in [-0.1, -0.05) is 78.3 Å². The number of fused-ring (bicyclic) bond motifs is 8. The Kier molecular flexibility index (Phi) is 9.53. The second-order valence-electron chi connectivity index (χ2n) is 20.8. The first kappa shape index (κ1) is 38.8. The highest BCUT2D eigenvalue weighted by molar-refractivity contribution is 6.00. The minimum atomic E-state index is -1.16. The predicted molar refractivity (Wildman–Crippen MR) is 207 cm³/mol. The maximum absolute atomic E-state index is 14.2. The number of aliphatic hydroxyl groups excluding tert-OH is 1. The van der Waals surface area contributed by atoms with Crippen molar-refractivity contribution < 1.29 is 29.3 Å². The molecule has 0 bridgehead atoms. The van der Waals surface area contributed by atoms with Gasteiger partial charge in [-0.25, -0.2) is 0 Å². The Morgan fingerprint density at radius 3 is 2.30 bits per heavy atom. The lowest BCUT2D eigenvalue weighted by atomic mass is 9.33. The number of carboxylic acid groups (broad SMARTS) is 1. The van der Waals surface area contributed by atoms with E-state index >= 15 is 0 Å². The van der Waals surface area contributed by atoms with Crippen molar-refractivity contribution in [1.82, 2.24) is 4.90 Å². The van der Waals surface area contributed by atoms with Gasteiger partial charge in [0.1, 0.15) is 6.10 Å². The Labute approximate surface area is 318 Å². The van der Waals surface area contributed by atoms with Gasteiger partial charge in [-0.2, -0.15) is 0 Å². The van der Waals surface area contributed by atoms with Gasteiger partial charge in [0.05, 0.1) is 17.9 Å². The van der Waals surface area contributed by atoms with Gasteiger partial charge in [-0.15, -0.1) is 0 Å². The number of β-amino-alcohol motifs (C(OH)–C–C–N with tert-alkyl or cyclic N) is 1. The zero-order valence-electron chi connectivity index (χ0n) is 34.1. The van der Waals surface area contributed by atoms with Crippen molar-refractivity contribution in [1.29, 1.82) is 0 Å². The van der Waals surface area contributed by atoms with Crippen molar-refractivity contribution in [2.24, 2.45) is 56.2 Å². The van der Waals surface area contributed by atoms with Gasteiger partial charge >= 0.3 is 11.9 Å². The van der Waals surface area contributed by atoms with Crippen molar-refractivity contribution in [3.8, 4) is 0 Å². The van der Waals surface area contributed by atoms with Crippen molar-refractivity contribution in [3.05, 3.63) is 46.5 Å². The van der Waals surface area contributed by atoms with Crippen molar-refractivity contribution >= 4 is 17.7 Å². The molecule has 1 aromatic rings. The molecule has 0 unspecified atom stereocenters. The highest BCUT2D eigenvalue weighted by Gasteiger charge is 2.71. The summed E-state index contributed by atoms with van der Waals surface area (Å²) < 4.78 is 6.18. The number of Topliss-reactive ketones (excluding diaryl/α,β-unsaturated/α-hetero) is 1. The zero-order valence-corrected chi connectivity index (χ0v) is 34.1. The van der Waals surface area contributed by atoms with E-state index < -0.39 is 28.9 Å². The van der Waals surface area contributed by atoms with Crippen LogP contribution >= 0.6 is 0 Å². The number of carboxylic acids is 1. The molecule has 9 atom stereocenters. The van der Waals surface area contributed by atoms with Crippen LogP contribution < -0.4 is 0 Å². The van der Waals surface area contributed by atoms with Crippen LogP contribution in [0.4, 0.5) is 0 Å². The van der Waals surface area contributed by atoms with E-state index in [1.165, 1.54) is 16.7 Å². The minimum absolute atomic E-state index is 0.00709. The van der Waals surface area contributed by atoms with Crippen LogP contribution in [0, 0.1) is 56.2 Å². The number of benzene rings is 1. The number of ether oxygens (including phenoxy) is 1. The van der Waals surface area contributed by atoms with Gasteiger partial charge in [-0.05, 0) is 128 Å². The van der Waals surface area contributed by atoms with E-state index in [0.29, 0.717) is 24.8 Å².